The summed E-state index contributed by atoms with van der Waals surface area (Å²) in [6, 6.07) is 14.9. The molecule has 3 rings (SSSR count). The molecule has 0 amide bonds. The van der Waals surface area contributed by atoms with Crippen molar-refractivity contribution in [3.63, 3.8) is 0 Å². The lowest BCUT2D eigenvalue weighted by Crippen LogP contribution is -2.37. The van der Waals surface area contributed by atoms with E-state index in [2.05, 4.69) is 58.1 Å². The summed E-state index contributed by atoms with van der Waals surface area (Å²) in [6.45, 7) is 3.93. The Morgan fingerprint density at radius 3 is 2.88 bits per heavy atom. The minimum absolute atomic E-state index is 0.305. The lowest BCUT2D eigenvalue weighted by atomic mass is 10.1. The zero-order chi connectivity index (χ0) is 18.0. The molecule has 140 valence electrons. The van der Waals surface area contributed by atoms with Crippen LogP contribution in [0, 0.1) is 0 Å². The molecule has 1 aliphatic rings. The number of aliphatic imine (C=N–C) groups is 1. The summed E-state index contributed by atoms with van der Waals surface area (Å²) in [7, 11) is 1.80. The van der Waals surface area contributed by atoms with Gasteiger partial charge in [-0.1, -0.05) is 36.4 Å². The van der Waals surface area contributed by atoms with E-state index in [-0.39, 0.29) is 0 Å². The molecule has 0 aliphatic carbocycles. The first kappa shape index (κ1) is 18.7. The van der Waals surface area contributed by atoms with Crippen LogP contribution in [0.2, 0.25) is 0 Å². The fraction of sp³-hybridized carbons (Fsp3) is 0.476. The number of ether oxygens (including phenoxy) is 2. The summed E-state index contributed by atoms with van der Waals surface area (Å²) in [6.07, 6.45) is 3.54. The van der Waals surface area contributed by atoms with E-state index in [4.69, 9.17) is 9.47 Å². The predicted molar refractivity (Wildman–Crippen MR) is 107 cm³/mol. The van der Waals surface area contributed by atoms with Crippen molar-refractivity contribution in [2.24, 2.45) is 4.99 Å². The van der Waals surface area contributed by atoms with E-state index < -0.39 is 0 Å². The summed E-state index contributed by atoms with van der Waals surface area (Å²) < 4.78 is 11.2. The topological polar surface area (TPSA) is 54.9 Å². The van der Waals surface area contributed by atoms with Crippen LogP contribution in [0.4, 0.5) is 0 Å². The third-order valence-corrected chi connectivity index (χ3v) is 4.58. The maximum absolute atomic E-state index is 5.68. The number of fused-ring (bicyclic) bond motifs is 1. The highest BCUT2D eigenvalue weighted by Crippen LogP contribution is 2.15. The maximum Gasteiger partial charge on any atom is 0.191 e. The van der Waals surface area contributed by atoms with E-state index >= 15 is 0 Å². The number of hydrogen-bond acceptors (Lipinski definition) is 3. The standard InChI is InChI=1S/C21H29N3O2/c1-22-21(23-11-5-12-25-16-20-8-4-13-26-20)24-15-17-9-10-18-6-2-3-7-19(18)14-17/h2-3,6-7,9-10,14,20H,4-5,8,11-13,15-16H2,1H3,(H2,22,23,24). The van der Waals surface area contributed by atoms with Crippen molar-refractivity contribution in [1.82, 2.24) is 10.6 Å². The lowest BCUT2D eigenvalue weighted by Gasteiger charge is -2.13. The van der Waals surface area contributed by atoms with Crippen LogP contribution < -0.4 is 10.6 Å². The van der Waals surface area contributed by atoms with Gasteiger partial charge in [0.05, 0.1) is 12.7 Å². The van der Waals surface area contributed by atoms with Crippen LogP contribution >= 0.6 is 0 Å². The van der Waals surface area contributed by atoms with Gasteiger partial charge in [-0.15, -0.1) is 0 Å². The molecule has 1 fully saturated rings. The maximum atomic E-state index is 5.68. The van der Waals surface area contributed by atoms with Crippen molar-refractivity contribution in [3.8, 4) is 0 Å². The molecule has 0 saturated carbocycles. The second-order valence-electron chi connectivity index (χ2n) is 6.60. The third-order valence-electron chi connectivity index (χ3n) is 4.58. The largest absolute Gasteiger partial charge is 0.379 e. The van der Waals surface area contributed by atoms with Crippen molar-refractivity contribution < 1.29 is 9.47 Å². The van der Waals surface area contributed by atoms with Crippen molar-refractivity contribution in [2.75, 3.05) is 33.4 Å². The van der Waals surface area contributed by atoms with Crippen LogP contribution in [0.3, 0.4) is 0 Å². The highest BCUT2D eigenvalue weighted by Gasteiger charge is 2.14. The zero-order valence-corrected chi connectivity index (χ0v) is 15.5. The number of rotatable bonds is 8. The number of nitrogens with zero attached hydrogens (tertiary/aromatic N) is 1. The van der Waals surface area contributed by atoms with Crippen LogP contribution in [0.15, 0.2) is 47.5 Å². The quantitative estimate of drug-likeness (QED) is 0.434. The van der Waals surface area contributed by atoms with Crippen LogP contribution in [-0.2, 0) is 16.0 Å². The molecule has 1 aliphatic heterocycles. The van der Waals surface area contributed by atoms with E-state index in [1.165, 1.54) is 16.3 Å². The lowest BCUT2D eigenvalue weighted by molar-refractivity contribution is 0.0168. The first-order valence-electron chi connectivity index (χ1n) is 9.47. The van der Waals surface area contributed by atoms with Gasteiger partial charge in [0, 0.05) is 33.4 Å². The van der Waals surface area contributed by atoms with Crippen molar-refractivity contribution in [2.45, 2.75) is 31.9 Å². The fourth-order valence-electron chi connectivity index (χ4n) is 3.13. The van der Waals surface area contributed by atoms with Gasteiger partial charge in [-0.05, 0) is 41.7 Å². The Morgan fingerprint density at radius 2 is 2.08 bits per heavy atom. The summed E-state index contributed by atoms with van der Waals surface area (Å²) in [5.74, 6) is 0.817. The van der Waals surface area contributed by atoms with Crippen LogP contribution in [-0.4, -0.2) is 45.5 Å². The van der Waals surface area contributed by atoms with Crippen LogP contribution in [0.1, 0.15) is 24.8 Å². The van der Waals surface area contributed by atoms with Gasteiger partial charge in [0.1, 0.15) is 0 Å². The Morgan fingerprint density at radius 1 is 1.19 bits per heavy atom. The van der Waals surface area contributed by atoms with Gasteiger partial charge in [-0.2, -0.15) is 0 Å². The molecule has 0 bridgehead atoms. The van der Waals surface area contributed by atoms with Gasteiger partial charge in [-0.25, -0.2) is 0 Å². The van der Waals surface area contributed by atoms with Gasteiger partial charge >= 0.3 is 0 Å². The Kier molecular flexibility index (Phi) is 7.28. The molecule has 5 heteroatoms. The Bertz CT molecular complexity index is 711. The molecule has 2 N–H and O–H groups in total. The summed E-state index contributed by atoms with van der Waals surface area (Å²) in [5.41, 5.74) is 1.24. The first-order chi connectivity index (χ1) is 12.8. The second-order valence-corrected chi connectivity index (χ2v) is 6.60. The normalized spacial score (nSPS) is 17.6. The highest BCUT2D eigenvalue weighted by atomic mass is 16.5. The van der Waals surface area contributed by atoms with Crippen molar-refractivity contribution in [1.29, 1.82) is 0 Å². The molecule has 2 aromatic rings. The van der Waals surface area contributed by atoms with Gasteiger partial charge in [0.15, 0.2) is 5.96 Å². The van der Waals surface area contributed by atoms with Crippen molar-refractivity contribution in [3.05, 3.63) is 48.0 Å². The molecule has 0 spiro atoms. The monoisotopic (exact) mass is 355 g/mol. The SMILES string of the molecule is CN=C(NCCCOCC1CCCO1)NCc1ccc2ccccc2c1. The Hall–Kier alpha value is -2.11. The van der Waals surface area contributed by atoms with E-state index in [0.717, 1.165) is 58.1 Å². The predicted octanol–water partition coefficient (Wildman–Crippen LogP) is 3.09. The van der Waals surface area contributed by atoms with Gasteiger partial charge in [-0.3, -0.25) is 4.99 Å². The smallest absolute Gasteiger partial charge is 0.191 e. The third kappa shape index (κ3) is 5.71. The molecule has 1 atom stereocenters. The zero-order valence-electron chi connectivity index (χ0n) is 15.5. The van der Waals surface area contributed by atoms with Gasteiger partial charge < -0.3 is 20.1 Å². The second kappa shape index (κ2) is 10.1. The van der Waals surface area contributed by atoms with E-state index in [1.54, 1.807) is 7.05 Å². The Labute approximate surface area is 155 Å². The molecular formula is C21H29N3O2. The summed E-state index contributed by atoms with van der Waals surface area (Å²) >= 11 is 0. The fourth-order valence-corrected chi connectivity index (χ4v) is 3.13. The molecule has 2 aromatic carbocycles. The minimum atomic E-state index is 0.305. The molecule has 1 saturated heterocycles. The van der Waals surface area contributed by atoms with E-state index in [0.29, 0.717) is 6.10 Å². The molecule has 26 heavy (non-hydrogen) atoms. The number of benzene rings is 2. The summed E-state index contributed by atoms with van der Waals surface area (Å²) in [5, 5.41) is 9.22. The van der Waals surface area contributed by atoms with Crippen molar-refractivity contribution >= 4 is 16.7 Å². The minimum Gasteiger partial charge on any atom is -0.379 e. The van der Waals surface area contributed by atoms with Gasteiger partial charge in [0.2, 0.25) is 0 Å². The number of nitrogens with one attached hydrogen (secondary N) is 2. The van der Waals surface area contributed by atoms with Gasteiger partial charge in [0.25, 0.3) is 0 Å². The van der Waals surface area contributed by atoms with E-state index in [1.807, 2.05) is 0 Å². The first-order valence-corrected chi connectivity index (χ1v) is 9.47. The number of guanidine groups is 1. The molecule has 1 unspecified atom stereocenters. The van der Waals surface area contributed by atoms with Crippen LogP contribution in [0.25, 0.3) is 10.8 Å². The molecular weight excluding hydrogens is 326 g/mol. The molecule has 0 aromatic heterocycles. The molecule has 0 radical (unpaired) electrons. The molecule has 5 nitrogen and oxygen atoms in total. The number of hydrogen-bond donors (Lipinski definition) is 2. The van der Waals surface area contributed by atoms with E-state index in [9.17, 15) is 0 Å². The Balaban J connectivity index is 1.33. The molecule has 1 heterocycles. The average molecular weight is 355 g/mol. The summed E-state index contributed by atoms with van der Waals surface area (Å²) in [4.78, 5) is 4.28. The van der Waals surface area contributed by atoms with Crippen LogP contribution in [0.5, 0.6) is 0 Å². The highest BCUT2D eigenvalue weighted by molar-refractivity contribution is 5.83. The average Bonchev–Trinajstić information content (AvgIpc) is 3.20.